The number of carbonyl (C=O) groups is 1. The van der Waals surface area contributed by atoms with Crippen LogP contribution in [0.25, 0.3) is 11.2 Å². The van der Waals surface area contributed by atoms with Crippen LogP contribution in [0.2, 0.25) is 0 Å². The van der Waals surface area contributed by atoms with E-state index in [1.54, 1.807) is 32.6 Å². The lowest BCUT2D eigenvalue weighted by molar-refractivity contribution is -0.118. The SMILES string of the molecule is COc1ccc(C(OC[C@H]2O[C@@H](n3cnc4c(=O)[nH]c(NC(=O)C(C)C)nc43)C[C@@H]2OP2(=S)OCCS2)(c2ccccc2)c2ccc(OC)cc2)cc1. The number of anilines is 1. The molecule has 2 aromatic heterocycles. The summed E-state index contributed by atoms with van der Waals surface area (Å²) in [6.07, 6.45) is 0.00522. The maximum atomic E-state index is 13.0. The maximum absolute atomic E-state index is 13.0. The van der Waals surface area contributed by atoms with E-state index in [1.165, 1.54) is 17.7 Å². The van der Waals surface area contributed by atoms with E-state index in [-0.39, 0.29) is 35.5 Å². The molecular weight excluding hydrogens is 738 g/mol. The number of imidazole rings is 1. The molecule has 278 valence electrons. The number of benzene rings is 3. The number of ether oxygens (including phenoxy) is 4. The van der Waals surface area contributed by atoms with Gasteiger partial charge in [-0.15, -0.1) is 0 Å². The molecule has 0 spiro atoms. The first kappa shape index (κ1) is 37.2. The van der Waals surface area contributed by atoms with E-state index in [1.807, 2.05) is 78.9 Å². The Hall–Kier alpha value is -4.08. The van der Waals surface area contributed by atoms with Crippen molar-refractivity contribution in [3.05, 3.63) is 112 Å². The van der Waals surface area contributed by atoms with Gasteiger partial charge in [0.05, 0.1) is 39.9 Å². The zero-order chi connectivity index (χ0) is 37.2. The minimum absolute atomic E-state index is 0.0199. The third kappa shape index (κ3) is 7.65. The predicted octanol–water partition coefficient (Wildman–Crippen LogP) is 6.40. The molecule has 3 aromatic carbocycles. The summed E-state index contributed by atoms with van der Waals surface area (Å²) < 4.78 is 39.2. The Labute approximate surface area is 315 Å². The number of amides is 1. The monoisotopic (exact) mass is 777 g/mol. The summed E-state index contributed by atoms with van der Waals surface area (Å²) in [7, 11) is 3.26. The van der Waals surface area contributed by atoms with Gasteiger partial charge in [-0.2, -0.15) is 4.98 Å². The third-order valence-corrected chi connectivity index (χ3v) is 14.5. The van der Waals surface area contributed by atoms with E-state index in [2.05, 4.69) is 20.3 Å². The standard InChI is InChI=1S/C37H40N5O8PS2/c1-23(2)34(43)40-36-39-33-32(35(44)41-36)38-22-42(33)31-20-29(50-51(52)48-18-19-53-51)30(49-31)21-47-37(24-8-6-5-7-9-24,25-10-14-27(45-3)15-11-25)26-12-16-28(46-4)17-13-26/h5-17,22-23,29-31H,18-21H2,1-4H3,(H2,39,40,41,43,44)/t29-,30+,31+,51?/m0/s1. The minimum Gasteiger partial charge on any atom is -0.497 e. The van der Waals surface area contributed by atoms with Gasteiger partial charge < -0.3 is 28.0 Å². The van der Waals surface area contributed by atoms with Gasteiger partial charge in [-0.25, -0.2) is 4.98 Å². The molecule has 0 aliphatic carbocycles. The number of carbonyl (C=O) groups excluding carboxylic acids is 1. The van der Waals surface area contributed by atoms with E-state index in [4.69, 9.17) is 39.8 Å². The summed E-state index contributed by atoms with van der Waals surface area (Å²) in [6, 6.07) is 25.6. The second-order valence-corrected chi connectivity index (χ2v) is 19.2. The van der Waals surface area contributed by atoms with E-state index in [9.17, 15) is 9.59 Å². The average Bonchev–Trinajstić information content (AvgIpc) is 3.91. The normalized spacial score (nSPS) is 21.6. The van der Waals surface area contributed by atoms with Crippen LogP contribution in [0.15, 0.2) is 90.0 Å². The zero-order valence-electron chi connectivity index (χ0n) is 29.6. The van der Waals surface area contributed by atoms with Crippen LogP contribution in [0.1, 0.15) is 43.2 Å². The molecule has 2 aliphatic rings. The van der Waals surface area contributed by atoms with Crippen molar-refractivity contribution in [1.29, 1.82) is 0 Å². The molecule has 2 fully saturated rings. The lowest BCUT2D eigenvalue weighted by Crippen LogP contribution is -2.38. The van der Waals surface area contributed by atoms with Gasteiger partial charge in [0.15, 0.2) is 11.2 Å². The molecule has 0 radical (unpaired) electrons. The molecule has 16 heteroatoms. The Bertz CT molecular complexity index is 2110. The fraction of sp³-hybridized carbons (Fsp3) is 0.351. The van der Waals surface area contributed by atoms with Crippen molar-refractivity contribution in [2.75, 3.05) is 38.5 Å². The predicted molar refractivity (Wildman–Crippen MR) is 206 cm³/mol. The highest BCUT2D eigenvalue weighted by atomic mass is 32.9. The fourth-order valence-electron chi connectivity index (χ4n) is 6.43. The topological polar surface area (TPSA) is 148 Å². The van der Waals surface area contributed by atoms with Crippen molar-refractivity contribution < 1.29 is 32.8 Å². The number of nitrogens with one attached hydrogen (secondary N) is 2. The summed E-state index contributed by atoms with van der Waals surface area (Å²) in [6.45, 7) is 4.09. The molecular formula is C37H40N5O8PS2. The van der Waals surface area contributed by atoms with Crippen LogP contribution < -0.4 is 20.3 Å². The molecule has 2 saturated heterocycles. The van der Waals surface area contributed by atoms with Crippen molar-refractivity contribution in [1.82, 2.24) is 19.5 Å². The first-order chi connectivity index (χ1) is 25.6. The number of rotatable bonds is 13. The first-order valence-electron chi connectivity index (χ1n) is 17.1. The Balaban J connectivity index is 1.28. The molecule has 13 nitrogen and oxygen atoms in total. The van der Waals surface area contributed by atoms with E-state index in [0.29, 0.717) is 24.5 Å². The Morgan fingerprint density at radius 2 is 1.68 bits per heavy atom. The zero-order valence-corrected chi connectivity index (χ0v) is 32.1. The van der Waals surface area contributed by atoms with E-state index in [0.717, 1.165) is 22.4 Å². The molecule has 53 heavy (non-hydrogen) atoms. The number of methoxy groups -OCH3 is 2. The van der Waals surface area contributed by atoms with Crippen molar-refractivity contribution in [2.24, 2.45) is 5.92 Å². The van der Waals surface area contributed by atoms with Crippen LogP contribution in [-0.4, -0.2) is 70.8 Å². The van der Waals surface area contributed by atoms with Gasteiger partial charge in [-0.05, 0) is 52.8 Å². The van der Waals surface area contributed by atoms with Crippen LogP contribution >= 0.6 is 17.1 Å². The van der Waals surface area contributed by atoms with Crippen molar-refractivity contribution in [3.63, 3.8) is 0 Å². The number of aromatic amines is 1. The summed E-state index contributed by atoms with van der Waals surface area (Å²) in [5.74, 6) is 1.58. The Kier molecular flexibility index (Phi) is 11.0. The van der Waals surface area contributed by atoms with Gasteiger partial charge >= 0.3 is 0 Å². The van der Waals surface area contributed by atoms with E-state index < -0.39 is 35.3 Å². The Morgan fingerprint density at radius 3 is 2.26 bits per heavy atom. The van der Waals surface area contributed by atoms with Gasteiger partial charge in [0.2, 0.25) is 17.5 Å². The maximum Gasteiger partial charge on any atom is 0.280 e. The van der Waals surface area contributed by atoms with Gasteiger partial charge in [-0.3, -0.25) is 24.5 Å². The van der Waals surface area contributed by atoms with Crippen molar-refractivity contribution in [2.45, 2.75) is 44.3 Å². The van der Waals surface area contributed by atoms with Gasteiger partial charge in [0.1, 0.15) is 29.4 Å². The molecule has 5 aromatic rings. The smallest absolute Gasteiger partial charge is 0.280 e. The van der Waals surface area contributed by atoms with Gasteiger partial charge in [0, 0.05) is 18.1 Å². The highest BCUT2D eigenvalue weighted by molar-refractivity contribution is 8.68. The van der Waals surface area contributed by atoms with Crippen LogP contribution in [0.4, 0.5) is 5.95 Å². The molecule has 7 rings (SSSR count). The number of aromatic nitrogens is 4. The number of nitrogens with zero attached hydrogens (tertiary/aromatic N) is 3. The number of hydrogen-bond acceptors (Lipinski definition) is 12. The molecule has 4 atom stereocenters. The van der Waals surface area contributed by atoms with E-state index >= 15 is 0 Å². The largest absolute Gasteiger partial charge is 0.497 e. The van der Waals surface area contributed by atoms with Gasteiger partial charge in [-0.1, -0.05) is 79.8 Å². The van der Waals surface area contributed by atoms with Crippen molar-refractivity contribution in [3.8, 4) is 11.5 Å². The highest BCUT2D eigenvalue weighted by Crippen LogP contribution is 2.66. The lowest BCUT2D eigenvalue weighted by atomic mass is 9.80. The Morgan fingerprint density at radius 1 is 1.04 bits per heavy atom. The first-order valence-corrected chi connectivity index (χ1v) is 21.3. The average molecular weight is 778 g/mol. The second kappa shape index (κ2) is 15.7. The molecule has 1 amide bonds. The quantitative estimate of drug-likeness (QED) is 0.101. The molecule has 4 heterocycles. The van der Waals surface area contributed by atoms with Crippen LogP contribution in [0.5, 0.6) is 11.5 Å². The summed E-state index contributed by atoms with van der Waals surface area (Å²) in [4.78, 5) is 37.0. The molecule has 0 saturated carbocycles. The summed E-state index contributed by atoms with van der Waals surface area (Å²) in [5, 5.41) is 2.67. The minimum atomic E-state index is -2.66. The lowest BCUT2D eigenvalue weighted by Gasteiger charge is -2.37. The summed E-state index contributed by atoms with van der Waals surface area (Å²) >= 11 is 7.41. The number of fused-ring (bicyclic) bond motifs is 1. The van der Waals surface area contributed by atoms with Gasteiger partial charge in [0.25, 0.3) is 5.56 Å². The molecule has 2 N–H and O–H groups in total. The van der Waals surface area contributed by atoms with Crippen LogP contribution in [0.3, 0.4) is 0 Å². The number of hydrogen-bond donors (Lipinski definition) is 2. The molecule has 1 unspecified atom stereocenters. The molecule has 0 bridgehead atoms. The van der Waals surface area contributed by atoms with Crippen LogP contribution in [0, 0.1) is 5.92 Å². The number of H-pyrrole nitrogens is 1. The highest BCUT2D eigenvalue weighted by Gasteiger charge is 2.45. The van der Waals surface area contributed by atoms with Crippen LogP contribution in [-0.2, 0) is 40.7 Å². The van der Waals surface area contributed by atoms with Crippen molar-refractivity contribution >= 4 is 51.9 Å². The molecule has 2 aliphatic heterocycles. The second-order valence-electron chi connectivity index (χ2n) is 12.8. The third-order valence-electron chi connectivity index (χ3n) is 9.17. The fourth-order valence-corrected chi connectivity index (χ4v) is 11.1. The summed E-state index contributed by atoms with van der Waals surface area (Å²) in [5.41, 5.74) is -1.27.